The minimum atomic E-state index is 0.0517. The minimum absolute atomic E-state index is 0.0517. The quantitative estimate of drug-likeness (QED) is 0.793. The van der Waals surface area contributed by atoms with Crippen molar-refractivity contribution >= 4 is 11.7 Å². The first-order valence-corrected chi connectivity index (χ1v) is 6.71. The number of para-hydroxylation sites is 1. The molecule has 96 valence electrons. The molecule has 1 aliphatic carbocycles. The predicted octanol–water partition coefficient (Wildman–Crippen LogP) is 1.86. The van der Waals surface area contributed by atoms with Gasteiger partial charge in [0.2, 0.25) is 0 Å². The third kappa shape index (κ3) is 2.20. The average molecular weight is 245 g/mol. The SMILES string of the molecule is O=C(NC1CCC1)N1CCNCc2ccccc21. The van der Waals surface area contributed by atoms with Crippen LogP contribution in [0.3, 0.4) is 0 Å². The molecule has 1 aromatic rings. The highest BCUT2D eigenvalue weighted by atomic mass is 16.2. The van der Waals surface area contributed by atoms with Crippen LogP contribution in [0.25, 0.3) is 0 Å². The molecular weight excluding hydrogens is 226 g/mol. The second-order valence-electron chi connectivity index (χ2n) is 5.03. The van der Waals surface area contributed by atoms with Gasteiger partial charge in [0, 0.05) is 31.4 Å². The van der Waals surface area contributed by atoms with Crippen molar-refractivity contribution in [3.8, 4) is 0 Å². The Bertz CT molecular complexity index is 442. The molecule has 2 N–H and O–H groups in total. The Morgan fingerprint density at radius 3 is 2.94 bits per heavy atom. The van der Waals surface area contributed by atoms with Crippen molar-refractivity contribution in [2.45, 2.75) is 31.8 Å². The summed E-state index contributed by atoms with van der Waals surface area (Å²) in [5.74, 6) is 0. The number of urea groups is 1. The van der Waals surface area contributed by atoms with Crippen LogP contribution in [-0.4, -0.2) is 25.2 Å². The lowest BCUT2D eigenvalue weighted by Crippen LogP contribution is -2.48. The van der Waals surface area contributed by atoms with Crippen LogP contribution in [0, 0.1) is 0 Å². The van der Waals surface area contributed by atoms with E-state index in [1.54, 1.807) is 0 Å². The van der Waals surface area contributed by atoms with Gasteiger partial charge in [-0.05, 0) is 30.9 Å². The number of anilines is 1. The molecule has 0 saturated heterocycles. The minimum Gasteiger partial charge on any atom is -0.335 e. The molecule has 0 radical (unpaired) electrons. The Hall–Kier alpha value is -1.55. The molecule has 0 atom stereocenters. The van der Waals surface area contributed by atoms with Gasteiger partial charge in [-0.3, -0.25) is 4.90 Å². The van der Waals surface area contributed by atoms with Gasteiger partial charge in [-0.1, -0.05) is 18.2 Å². The molecule has 1 aromatic carbocycles. The van der Waals surface area contributed by atoms with Gasteiger partial charge in [-0.25, -0.2) is 4.79 Å². The molecule has 0 bridgehead atoms. The summed E-state index contributed by atoms with van der Waals surface area (Å²) < 4.78 is 0. The molecule has 18 heavy (non-hydrogen) atoms. The highest BCUT2D eigenvalue weighted by Gasteiger charge is 2.25. The Morgan fingerprint density at radius 2 is 2.17 bits per heavy atom. The van der Waals surface area contributed by atoms with Gasteiger partial charge in [-0.15, -0.1) is 0 Å². The fourth-order valence-electron chi connectivity index (χ4n) is 2.47. The van der Waals surface area contributed by atoms with Crippen LogP contribution in [-0.2, 0) is 6.54 Å². The summed E-state index contributed by atoms with van der Waals surface area (Å²) in [7, 11) is 0. The maximum Gasteiger partial charge on any atom is 0.322 e. The average Bonchev–Trinajstić information content (AvgIpc) is 2.56. The van der Waals surface area contributed by atoms with Crippen molar-refractivity contribution in [1.82, 2.24) is 10.6 Å². The lowest BCUT2D eigenvalue weighted by atomic mass is 9.93. The fourth-order valence-corrected chi connectivity index (χ4v) is 2.47. The van der Waals surface area contributed by atoms with Crippen molar-refractivity contribution in [2.24, 2.45) is 0 Å². The Balaban J connectivity index is 1.79. The van der Waals surface area contributed by atoms with E-state index in [1.807, 2.05) is 23.1 Å². The van der Waals surface area contributed by atoms with E-state index in [0.717, 1.165) is 38.2 Å². The zero-order chi connectivity index (χ0) is 12.4. The van der Waals surface area contributed by atoms with Gasteiger partial charge in [-0.2, -0.15) is 0 Å². The zero-order valence-corrected chi connectivity index (χ0v) is 10.5. The molecule has 2 aliphatic rings. The molecule has 1 saturated carbocycles. The largest absolute Gasteiger partial charge is 0.335 e. The van der Waals surface area contributed by atoms with Gasteiger partial charge in [0.1, 0.15) is 0 Å². The number of nitrogens with zero attached hydrogens (tertiary/aromatic N) is 1. The van der Waals surface area contributed by atoms with E-state index in [-0.39, 0.29) is 6.03 Å². The summed E-state index contributed by atoms with van der Waals surface area (Å²) in [5.41, 5.74) is 2.23. The lowest BCUT2D eigenvalue weighted by molar-refractivity contribution is 0.234. The van der Waals surface area contributed by atoms with Gasteiger partial charge < -0.3 is 10.6 Å². The summed E-state index contributed by atoms with van der Waals surface area (Å²) in [6.07, 6.45) is 3.49. The number of carbonyl (C=O) groups excluding carboxylic acids is 1. The highest BCUT2D eigenvalue weighted by Crippen LogP contribution is 2.23. The predicted molar refractivity (Wildman–Crippen MR) is 71.7 cm³/mol. The monoisotopic (exact) mass is 245 g/mol. The third-order valence-electron chi connectivity index (χ3n) is 3.79. The highest BCUT2D eigenvalue weighted by molar-refractivity contribution is 5.93. The first kappa shape index (κ1) is 11.5. The van der Waals surface area contributed by atoms with Crippen LogP contribution >= 0.6 is 0 Å². The number of rotatable bonds is 1. The van der Waals surface area contributed by atoms with Crippen LogP contribution in [0.15, 0.2) is 24.3 Å². The standard InChI is InChI=1S/C14H19N3O/c18-14(16-12-5-3-6-12)17-9-8-15-10-11-4-1-2-7-13(11)17/h1-2,4,7,12,15H,3,5-6,8-10H2,(H,16,18). The number of hydrogen-bond donors (Lipinski definition) is 2. The van der Waals surface area contributed by atoms with Gasteiger partial charge in [0.25, 0.3) is 0 Å². The van der Waals surface area contributed by atoms with Crippen LogP contribution < -0.4 is 15.5 Å². The number of nitrogens with one attached hydrogen (secondary N) is 2. The Kier molecular flexibility index (Phi) is 3.19. The second kappa shape index (κ2) is 4.98. The van der Waals surface area contributed by atoms with Crippen LogP contribution in [0.2, 0.25) is 0 Å². The number of hydrogen-bond acceptors (Lipinski definition) is 2. The lowest BCUT2D eigenvalue weighted by Gasteiger charge is -2.30. The molecule has 4 nitrogen and oxygen atoms in total. The summed E-state index contributed by atoms with van der Waals surface area (Å²) in [6.45, 7) is 2.41. The van der Waals surface area contributed by atoms with E-state index in [9.17, 15) is 4.79 Å². The number of carbonyl (C=O) groups is 1. The van der Waals surface area contributed by atoms with Crippen molar-refractivity contribution in [3.05, 3.63) is 29.8 Å². The summed E-state index contributed by atoms with van der Waals surface area (Å²) in [6, 6.07) is 8.57. The number of amides is 2. The smallest absolute Gasteiger partial charge is 0.322 e. The molecule has 2 amide bonds. The fraction of sp³-hybridized carbons (Fsp3) is 0.500. The topological polar surface area (TPSA) is 44.4 Å². The molecule has 0 spiro atoms. The molecule has 1 aliphatic heterocycles. The van der Waals surface area contributed by atoms with E-state index >= 15 is 0 Å². The zero-order valence-electron chi connectivity index (χ0n) is 10.5. The summed E-state index contributed by atoms with van der Waals surface area (Å²) in [4.78, 5) is 14.2. The van der Waals surface area contributed by atoms with Crippen LogP contribution in [0.4, 0.5) is 10.5 Å². The van der Waals surface area contributed by atoms with Gasteiger partial charge in [0.05, 0.1) is 0 Å². The van der Waals surface area contributed by atoms with Gasteiger partial charge >= 0.3 is 6.03 Å². The van der Waals surface area contributed by atoms with Gasteiger partial charge in [0.15, 0.2) is 0 Å². The maximum absolute atomic E-state index is 12.3. The normalized spacial score (nSPS) is 19.7. The molecule has 1 heterocycles. The Labute approximate surface area is 107 Å². The Morgan fingerprint density at radius 1 is 1.33 bits per heavy atom. The second-order valence-corrected chi connectivity index (χ2v) is 5.03. The van der Waals surface area contributed by atoms with E-state index in [0.29, 0.717) is 6.04 Å². The third-order valence-corrected chi connectivity index (χ3v) is 3.79. The number of benzene rings is 1. The number of fused-ring (bicyclic) bond motifs is 1. The molecule has 4 heteroatoms. The summed E-state index contributed by atoms with van der Waals surface area (Å²) in [5, 5.41) is 6.46. The van der Waals surface area contributed by atoms with Crippen molar-refractivity contribution < 1.29 is 4.79 Å². The van der Waals surface area contributed by atoms with E-state index in [1.165, 1.54) is 12.0 Å². The van der Waals surface area contributed by atoms with E-state index in [4.69, 9.17) is 0 Å². The van der Waals surface area contributed by atoms with Crippen molar-refractivity contribution in [2.75, 3.05) is 18.0 Å². The van der Waals surface area contributed by atoms with Crippen molar-refractivity contribution in [3.63, 3.8) is 0 Å². The van der Waals surface area contributed by atoms with E-state index < -0.39 is 0 Å². The molecule has 0 unspecified atom stereocenters. The molecule has 0 aromatic heterocycles. The molecule has 3 rings (SSSR count). The van der Waals surface area contributed by atoms with E-state index in [2.05, 4.69) is 16.7 Å². The first-order valence-electron chi connectivity index (χ1n) is 6.71. The first-order chi connectivity index (χ1) is 8.84. The molecular formula is C14H19N3O. The van der Waals surface area contributed by atoms with Crippen molar-refractivity contribution in [1.29, 1.82) is 0 Å². The summed E-state index contributed by atoms with van der Waals surface area (Å²) >= 11 is 0. The van der Waals surface area contributed by atoms with Crippen LogP contribution in [0.5, 0.6) is 0 Å². The van der Waals surface area contributed by atoms with Crippen LogP contribution in [0.1, 0.15) is 24.8 Å². The molecule has 1 fully saturated rings. The maximum atomic E-state index is 12.3.